The van der Waals surface area contributed by atoms with Gasteiger partial charge in [0.1, 0.15) is 11.5 Å². The summed E-state index contributed by atoms with van der Waals surface area (Å²) < 4.78 is 34.0. The van der Waals surface area contributed by atoms with E-state index in [1.54, 1.807) is 0 Å². The molecule has 26 heavy (non-hydrogen) atoms. The Morgan fingerprint density at radius 3 is 1.77 bits per heavy atom. The van der Waals surface area contributed by atoms with Crippen LogP contribution in [0.15, 0.2) is 73.3 Å². The summed E-state index contributed by atoms with van der Waals surface area (Å²) in [6, 6.07) is 14.8. The number of benzene rings is 3. The zero-order valence-electron chi connectivity index (χ0n) is 13.6. The Labute approximate surface area is 148 Å². The third-order valence-corrected chi connectivity index (χ3v) is 3.81. The first-order valence-electron chi connectivity index (χ1n) is 7.71. The molecule has 0 aliphatic rings. The number of rotatable bonds is 4. The maximum Gasteiger partial charge on any atom is 0.335 e. The third kappa shape index (κ3) is 3.47. The molecule has 0 aliphatic heterocycles. The summed E-state index contributed by atoms with van der Waals surface area (Å²) in [5.41, 5.74) is 1.09. The summed E-state index contributed by atoms with van der Waals surface area (Å²) in [6.07, 6.45) is 1.03. The lowest BCUT2D eigenvalue weighted by atomic mass is 9.99. The van der Waals surface area contributed by atoms with E-state index in [0.29, 0.717) is 11.1 Å². The van der Waals surface area contributed by atoms with Crippen molar-refractivity contribution < 1.29 is 23.4 Å². The van der Waals surface area contributed by atoms with E-state index in [4.69, 9.17) is 4.74 Å². The van der Waals surface area contributed by atoms with E-state index in [-0.39, 0.29) is 22.6 Å². The van der Waals surface area contributed by atoms with Gasteiger partial charge in [-0.1, -0.05) is 43.0 Å². The lowest BCUT2D eigenvalue weighted by Crippen LogP contribution is -2.02. The quantitative estimate of drug-likeness (QED) is 0.404. The van der Waals surface area contributed by atoms with Crippen molar-refractivity contribution in [3.8, 4) is 33.8 Å². The van der Waals surface area contributed by atoms with Gasteiger partial charge in [-0.2, -0.15) is 0 Å². The van der Waals surface area contributed by atoms with E-state index in [0.717, 1.165) is 6.08 Å². The summed E-state index contributed by atoms with van der Waals surface area (Å²) >= 11 is 0. The van der Waals surface area contributed by atoms with E-state index >= 15 is 0 Å². The highest BCUT2D eigenvalue weighted by atomic mass is 19.2. The Bertz CT molecular complexity index is 962. The molecule has 0 radical (unpaired) electrons. The van der Waals surface area contributed by atoms with Crippen molar-refractivity contribution in [2.75, 3.05) is 0 Å². The zero-order chi connectivity index (χ0) is 18.7. The van der Waals surface area contributed by atoms with Gasteiger partial charge in [-0.05, 0) is 35.4 Å². The van der Waals surface area contributed by atoms with Crippen LogP contribution in [0.3, 0.4) is 0 Å². The summed E-state index contributed by atoms with van der Waals surface area (Å²) in [5.74, 6) is -2.24. The molecule has 0 saturated heterocycles. The van der Waals surface area contributed by atoms with E-state index < -0.39 is 17.6 Å². The fourth-order valence-electron chi connectivity index (χ4n) is 2.50. The molecule has 5 heteroatoms. The molecule has 0 spiro atoms. The van der Waals surface area contributed by atoms with Crippen LogP contribution in [0, 0.1) is 11.6 Å². The number of hydrogen-bond donors (Lipinski definition) is 1. The minimum absolute atomic E-state index is 0.0449. The number of carbonyl (C=O) groups is 1. The highest BCUT2D eigenvalue weighted by molar-refractivity contribution is 5.83. The molecule has 0 heterocycles. The van der Waals surface area contributed by atoms with Crippen LogP contribution in [-0.4, -0.2) is 11.1 Å². The molecular formula is C21H14F2O3. The van der Waals surface area contributed by atoms with Gasteiger partial charge in [-0.15, -0.1) is 0 Å². The highest BCUT2D eigenvalue weighted by Crippen LogP contribution is 2.32. The number of halogens is 2. The van der Waals surface area contributed by atoms with Gasteiger partial charge in [0.25, 0.3) is 0 Å². The number of esters is 1. The van der Waals surface area contributed by atoms with Crippen molar-refractivity contribution >= 4 is 5.97 Å². The number of phenols is 1. The maximum absolute atomic E-state index is 14.6. The zero-order valence-corrected chi connectivity index (χ0v) is 13.6. The average molecular weight is 352 g/mol. The van der Waals surface area contributed by atoms with Gasteiger partial charge in [0.05, 0.1) is 0 Å². The van der Waals surface area contributed by atoms with Crippen molar-refractivity contribution in [2.45, 2.75) is 0 Å². The predicted molar refractivity (Wildman–Crippen MR) is 94.7 cm³/mol. The largest absolute Gasteiger partial charge is 0.508 e. The van der Waals surface area contributed by atoms with Crippen molar-refractivity contribution in [1.82, 2.24) is 0 Å². The van der Waals surface area contributed by atoms with Gasteiger partial charge in [0, 0.05) is 17.2 Å². The smallest absolute Gasteiger partial charge is 0.335 e. The first-order valence-corrected chi connectivity index (χ1v) is 7.71. The molecule has 0 atom stereocenters. The molecule has 1 N–H and O–H groups in total. The van der Waals surface area contributed by atoms with Crippen LogP contribution in [0.4, 0.5) is 8.78 Å². The Morgan fingerprint density at radius 2 is 1.31 bits per heavy atom. The van der Waals surface area contributed by atoms with Gasteiger partial charge < -0.3 is 9.84 Å². The van der Waals surface area contributed by atoms with Crippen LogP contribution in [0.5, 0.6) is 11.5 Å². The summed E-state index contributed by atoms with van der Waals surface area (Å²) in [4.78, 5) is 11.2. The number of aromatic hydroxyl groups is 1. The lowest BCUT2D eigenvalue weighted by molar-refractivity contribution is -0.128. The molecule has 0 unspecified atom stereocenters. The normalized spacial score (nSPS) is 10.4. The van der Waals surface area contributed by atoms with E-state index in [2.05, 4.69) is 6.58 Å². The predicted octanol–water partition coefficient (Wildman–Crippen LogP) is 5.10. The average Bonchev–Trinajstić information content (AvgIpc) is 2.65. The second kappa shape index (κ2) is 7.19. The minimum atomic E-state index is -0.980. The van der Waals surface area contributed by atoms with Gasteiger partial charge in [0.15, 0.2) is 11.6 Å². The van der Waals surface area contributed by atoms with Gasteiger partial charge >= 0.3 is 5.97 Å². The lowest BCUT2D eigenvalue weighted by Gasteiger charge is -2.10. The SMILES string of the molecule is C=CC(=O)Oc1ccc(-c2ccc(-c3ccc(O)cc3)c(F)c2F)cc1. The first kappa shape index (κ1) is 17.4. The minimum Gasteiger partial charge on any atom is -0.508 e. The Hall–Kier alpha value is -3.47. The molecule has 130 valence electrons. The Morgan fingerprint density at radius 1 is 0.846 bits per heavy atom. The molecule has 0 saturated carbocycles. The summed E-state index contributed by atoms with van der Waals surface area (Å²) in [6.45, 7) is 3.30. The second-order valence-corrected chi connectivity index (χ2v) is 5.49. The van der Waals surface area contributed by atoms with Crippen LogP contribution in [0.25, 0.3) is 22.3 Å². The van der Waals surface area contributed by atoms with Crippen molar-refractivity contribution in [2.24, 2.45) is 0 Å². The van der Waals surface area contributed by atoms with Crippen molar-refractivity contribution in [3.63, 3.8) is 0 Å². The number of phenolic OH excluding ortho intramolecular Hbond substituents is 1. The van der Waals surface area contributed by atoms with E-state index in [1.807, 2.05) is 0 Å². The van der Waals surface area contributed by atoms with Gasteiger partial charge in [0.2, 0.25) is 0 Å². The maximum atomic E-state index is 14.6. The van der Waals surface area contributed by atoms with E-state index in [9.17, 15) is 18.7 Å². The standard InChI is InChI=1S/C21H14F2O3/c1-2-19(25)26-16-9-5-14(6-10-16)18-12-11-17(20(22)21(18)23)13-3-7-15(24)8-4-13/h2-12,24H,1H2. The molecule has 3 nitrogen and oxygen atoms in total. The van der Waals surface area contributed by atoms with Crippen molar-refractivity contribution in [3.05, 3.63) is 85.0 Å². The Balaban J connectivity index is 1.94. The van der Waals surface area contributed by atoms with Crippen LogP contribution in [-0.2, 0) is 4.79 Å². The number of ether oxygens (including phenoxy) is 1. The fraction of sp³-hybridized carbons (Fsp3) is 0. The van der Waals surface area contributed by atoms with Crippen molar-refractivity contribution in [1.29, 1.82) is 0 Å². The van der Waals surface area contributed by atoms with Crippen LogP contribution < -0.4 is 4.74 Å². The second-order valence-electron chi connectivity index (χ2n) is 5.49. The molecule has 0 fully saturated rings. The van der Waals surface area contributed by atoms with E-state index in [1.165, 1.54) is 60.7 Å². The topological polar surface area (TPSA) is 46.5 Å². The molecule has 0 amide bonds. The van der Waals surface area contributed by atoms with Gasteiger partial charge in [-0.25, -0.2) is 13.6 Å². The fourth-order valence-corrected chi connectivity index (χ4v) is 2.50. The van der Waals surface area contributed by atoms with Crippen LogP contribution >= 0.6 is 0 Å². The van der Waals surface area contributed by atoms with Gasteiger partial charge in [-0.3, -0.25) is 0 Å². The Kier molecular flexibility index (Phi) is 4.80. The highest BCUT2D eigenvalue weighted by Gasteiger charge is 2.16. The summed E-state index contributed by atoms with van der Waals surface area (Å²) in [7, 11) is 0. The number of hydrogen-bond acceptors (Lipinski definition) is 3. The molecule has 0 bridgehead atoms. The van der Waals surface area contributed by atoms with Crippen LogP contribution in [0.2, 0.25) is 0 Å². The first-order chi connectivity index (χ1) is 12.5. The molecule has 3 aromatic rings. The summed E-state index contributed by atoms with van der Waals surface area (Å²) in [5, 5.41) is 9.31. The third-order valence-electron chi connectivity index (χ3n) is 3.81. The molecule has 0 aliphatic carbocycles. The molecule has 3 aromatic carbocycles. The monoisotopic (exact) mass is 352 g/mol. The molecule has 3 rings (SSSR count). The molecule has 0 aromatic heterocycles. The molecular weight excluding hydrogens is 338 g/mol. The van der Waals surface area contributed by atoms with Crippen LogP contribution in [0.1, 0.15) is 0 Å². The number of carbonyl (C=O) groups excluding carboxylic acids is 1.